The molecule has 2 atom stereocenters. The van der Waals surface area contributed by atoms with Gasteiger partial charge in [0.25, 0.3) is 0 Å². The first-order valence-corrected chi connectivity index (χ1v) is 12.4. The van der Waals surface area contributed by atoms with Gasteiger partial charge in [0, 0.05) is 0 Å². The Balaban J connectivity index is 1.92. The molecule has 1 unspecified atom stereocenters. The van der Waals surface area contributed by atoms with Crippen molar-refractivity contribution >= 4 is 6.29 Å². The van der Waals surface area contributed by atoms with E-state index in [0.717, 1.165) is 30.3 Å². The average Bonchev–Trinajstić information content (AvgIpc) is 2.87. The quantitative estimate of drug-likeness (QED) is 0.115. The second kappa shape index (κ2) is 16.6. The number of ether oxygens (including phenoxy) is 2. The standard InChI is InChI=1S/C32H40O3/c1-26(21-28(3)19-20-34-24-30-11-7-5-8-12-30)15-17-32(18-16-27(2)22-29(4)23-33)35-25-31-13-9-6-10-14-31/h5-15,17,19,21-23,27,32H,16,18,20,24-25H2,1-4H3/b17-15+,26-21+,28-19+,29-22+/t27-,32?/m0/s1. The van der Waals surface area contributed by atoms with Crippen LogP contribution in [-0.2, 0) is 27.5 Å². The maximum Gasteiger partial charge on any atom is 0.145 e. The van der Waals surface area contributed by atoms with Crippen molar-refractivity contribution in [2.45, 2.75) is 59.9 Å². The van der Waals surface area contributed by atoms with Crippen molar-refractivity contribution in [1.82, 2.24) is 0 Å². The fraction of sp³-hybridized carbons (Fsp3) is 0.344. The van der Waals surface area contributed by atoms with Crippen LogP contribution in [0.25, 0.3) is 0 Å². The van der Waals surface area contributed by atoms with Crippen molar-refractivity contribution in [2.24, 2.45) is 5.92 Å². The molecule has 0 saturated carbocycles. The van der Waals surface area contributed by atoms with Crippen LogP contribution in [0, 0.1) is 5.92 Å². The molecule has 186 valence electrons. The summed E-state index contributed by atoms with van der Waals surface area (Å²) in [4.78, 5) is 10.9. The SMILES string of the molecule is C/C(C=O)=C\[C@@H](C)CCC(/C=C/C(C)=C/C(C)=C/COCc1ccccc1)OCc1ccccc1. The summed E-state index contributed by atoms with van der Waals surface area (Å²) in [7, 11) is 0. The highest BCUT2D eigenvalue weighted by Crippen LogP contribution is 2.17. The van der Waals surface area contributed by atoms with Crippen LogP contribution < -0.4 is 0 Å². The van der Waals surface area contributed by atoms with Gasteiger partial charge < -0.3 is 9.47 Å². The molecular formula is C32H40O3. The highest BCUT2D eigenvalue weighted by atomic mass is 16.5. The Bertz CT molecular complexity index is 984. The summed E-state index contributed by atoms with van der Waals surface area (Å²) in [6.07, 6.45) is 13.3. The normalized spacial score (nSPS) is 14.8. The first-order valence-electron chi connectivity index (χ1n) is 12.4. The third-order valence-corrected chi connectivity index (χ3v) is 5.61. The lowest BCUT2D eigenvalue weighted by molar-refractivity contribution is -0.104. The predicted molar refractivity (Wildman–Crippen MR) is 146 cm³/mol. The van der Waals surface area contributed by atoms with E-state index in [1.165, 1.54) is 16.7 Å². The van der Waals surface area contributed by atoms with Crippen molar-refractivity contribution in [1.29, 1.82) is 0 Å². The van der Waals surface area contributed by atoms with Gasteiger partial charge in [0.15, 0.2) is 0 Å². The van der Waals surface area contributed by atoms with Crippen LogP contribution in [-0.4, -0.2) is 19.0 Å². The highest BCUT2D eigenvalue weighted by Gasteiger charge is 2.09. The number of aldehydes is 1. The predicted octanol–water partition coefficient (Wildman–Crippen LogP) is 7.80. The Morgan fingerprint density at radius 3 is 2.09 bits per heavy atom. The molecule has 0 heterocycles. The first kappa shape index (κ1) is 28.2. The number of hydrogen-bond donors (Lipinski definition) is 0. The van der Waals surface area contributed by atoms with Crippen LogP contribution in [0.2, 0.25) is 0 Å². The summed E-state index contributed by atoms with van der Waals surface area (Å²) in [5, 5.41) is 0. The molecule has 2 aromatic rings. The van der Waals surface area contributed by atoms with Gasteiger partial charge in [-0.2, -0.15) is 0 Å². The molecule has 0 radical (unpaired) electrons. The fourth-order valence-electron chi connectivity index (χ4n) is 3.68. The number of rotatable bonds is 15. The molecule has 0 amide bonds. The van der Waals surface area contributed by atoms with E-state index in [2.05, 4.69) is 69.3 Å². The molecule has 0 N–H and O–H groups in total. The largest absolute Gasteiger partial charge is 0.373 e. The highest BCUT2D eigenvalue weighted by molar-refractivity contribution is 5.72. The lowest BCUT2D eigenvalue weighted by atomic mass is 10.00. The Kier molecular flexibility index (Phi) is 13.4. The van der Waals surface area contributed by atoms with E-state index in [4.69, 9.17) is 9.47 Å². The van der Waals surface area contributed by atoms with Gasteiger partial charge in [0.05, 0.1) is 25.9 Å². The number of hydrogen-bond acceptors (Lipinski definition) is 3. The Morgan fingerprint density at radius 1 is 0.829 bits per heavy atom. The molecule has 0 spiro atoms. The lowest BCUT2D eigenvalue weighted by Crippen LogP contribution is -2.11. The van der Waals surface area contributed by atoms with E-state index in [9.17, 15) is 4.79 Å². The minimum atomic E-state index is 0.00411. The summed E-state index contributed by atoms with van der Waals surface area (Å²) in [6.45, 7) is 9.97. The average molecular weight is 473 g/mol. The molecule has 3 heteroatoms. The topological polar surface area (TPSA) is 35.5 Å². The maximum absolute atomic E-state index is 10.9. The lowest BCUT2D eigenvalue weighted by Gasteiger charge is -2.16. The van der Waals surface area contributed by atoms with E-state index in [-0.39, 0.29) is 6.10 Å². The first-order chi connectivity index (χ1) is 17.0. The summed E-state index contributed by atoms with van der Waals surface area (Å²) < 4.78 is 12.0. The molecule has 0 aromatic heterocycles. The molecule has 0 aliphatic rings. The van der Waals surface area contributed by atoms with Crippen LogP contribution in [0.1, 0.15) is 51.7 Å². The molecule has 2 rings (SSSR count). The van der Waals surface area contributed by atoms with Crippen molar-refractivity contribution in [3.05, 3.63) is 119 Å². The zero-order valence-corrected chi connectivity index (χ0v) is 21.7. The van der Waals surface area contributed by atoms with Gasteiger partial charge in [-0.25, -0.2) is 0 Å². The van der Waals surface area contributed by atoms with Gasteiger partial charge in [0.1, 0.15) is 6.29 Å². The Labute approximate surface area is 211 Å². The Hall–Kier alpha value is -3.01. The Morgan fingerprint density at radius 2 is 1.46 bits per heavy atom. The molecule has 0 bridgehead atoms. The second-order valence-electron chi connectivity index (χ2n) is 9.11. The number of benzene rings is 2. The molecule has 0 fully saturated rings. The number of allylic oxidation sites excluding steroid dienone is 6. The van der Waals surface area contributed by atoms with Gasteiger partial charge in [-0.3, -0.25) is 4.79 Å². The van der Waals surface area contributed by atoms with Crippen LogP contribution in [0.3, 0.4) is 0 Å². The third kappa shape index (κ3) is 12.9. The van der Waals surface area contributed by atoms with Gasteiger partial charge in [-0.15, -0.1) is 0 Å². The molecule has 0 saturated heterocycles. The van der Waals surface area contributed by atoms with E-state index in [1.807, 2.05) is 49.4 Å². The summed E-state index contributed by atoms with van der Waals surface area (Å²) in [6, 6.07) is 20.5. The minimum Gasteiger partial charge on any atom is -0.373 e. The smallest absolute Gasteiger partial charge is 0.145 e. The van der Waals surface area contributed by atoms with Crippen LogP contribution >= 0.6 is 0 Å². The second-order valence-corrected chi connectivity index (χ2v) is 9.11. The van der Waals surface area contributed by atoms with Gasteiger partial charge in [0.2, 0.25) is 0 Å². The number of carbonyl (C=O) groups excluding carboxylic acids is 1. The molecule has 3 nitrogen and oxygen atoms in total. The van der Waals surface area contributed by atoms with Crippen LogP contribution in [0.15, 0.2) is 108 Å². The zero-order chi connectivity index (χ0) is 25.3. The summed E-state index contributed by atoms with van der Waals surface area (Å²) in [5.74, 6) is 0.328. The van der Waals surface area contributed by atoms with Crippen molar-refractivity contribution in [3.8, 4) is 0 Å². The summed E-state index contributed by atoms with van der Waals surface area (Å²) in [5.41, 5.74) is 5.46. The van der Waals surface area contributed by atoms with Crippen LogP contribution in [0.4, 0.5) is 0 Å². The zero-order valence-electron chi connectivity index (χ0n) is 21.7. The number of carbonyl (C=O) groups is 1. The molecule has 0 aliphatic heterocycles. The molecular weight excluding hydrogens is 432 g/mol. The van der Waals surface area contributed by atoms with E-state index in [1.54, 1.807) is 0 Å². The van der Waals surface area contributed by atoms with Crippen LogP contribution in [0.5, 0.6) is 0 Å². The van der Waals surface area contributed by atoms with Gasteiger partial charge in [-0.1, -0.05) is 109 Å². The van der Waals surface area contributed by atoms with Gasteiger partial charge >= 0.3 is 0 Å². The van der Waals surface area contributed by atoms with E-state index >= 15 is 0 Å². The van der Waals surface area contributed by atoms with Gasteiger partial charge in [-0.05, 0) is 56.2 Å². The van der Waals surface area contributed by atoms with E-state index < -0.39 is 0 Å². The van der Waals surface area contributed by atoms with Crippen molar-refractivity contribution in [2.75, 3.05) is 6.61 Å². The maximum atomic E-state index is 10.9. The summed E-state index contributed by atoms with van der Waals surface area (Å²) >= 11 is 0. The van der Waals surface area contributed by atoms with E-state index in [0.29, 0.717) is 25.7 Å². The molecule has 35 heavy (non-hydrogen) atoms. The minimum absolute atomic E-state index is 0.00411. The van der Waals surface area contributed by atoms with Crippen molar-refractivity contribution in [3.63, 3.8) is 0 Å². The molecule has 0 aliphatic carbocycles. The monoisotopic (exact) mass is 472 g/mol. The molecule has 2 aromatic carbocycles. The fourth-order valence-corrected chi connectivity index (χ4v) is 3.68. The van der Waals surface area contributed by atoms with Crippen molar-refractivity contribution < 1.29 is 14.3 Å². The third-order valence-electron chi connectivity index (χ3n) is 5.61.